The van der Waals surface area contributed by atoms with Crippen molar-refractivity contribution in [3.05, 3.63) is 0 Å². The van der Waals surface area contributed by atoms with E-state index >= 15 is 0 Å². The van der Waals surface area contributed by atoms with Gasteiger partial charge in [0.1, 0.15) is 0 Å². The zero-order valence-electron chi connectivity index (χ0n) is 6.31. The fraction of sp³-hybridized carbons (Fsp3) is 0. The van der Waals surface area contributed by atoms with Crippen LogP contribution in [0.3, 0.4) is 0 Å². The molecular weight excluding hydrogens is 435 g/mol. The Morgan fingerprint density at radius 1 is 1.25 bits per heavy atom. The maximum absolute atomic E-state index is 0. The summed E-state index contributed by atoms with van der Waals surface area (Å²) in [4.78, 5) is 0. The molecule has 0 N–H and O–H groups in total. The van der Waals surface area contributed by atoms with E-state index in [4.69, 9.17) is 0 Å². The minimum atomic E-state index is 0. The van der Waals surface area contributed by atoms with Crippen molar-refractivity contribution in [2.75, 3.05) is 0 Å². The average Bonchev–Trinajstić information content (AvgIpc) is 0. The van der Waals surface area contributed by atoms with E-state index in [0.717, 1.165) is 0 Å². The standard InChI is InChI=1S/Ba.Mg.Nb.Ta.4H/q2*+2;;;4*-1. The zero-order valence-corrected chi connectivity index (χ0v) is 13.6. The molecule has 0 aromatic carbocycles. The number of hydrogen-bond acceptors (Lipinski definition) is 0. The van der Waals surface area contributed by atoms with Crippen LogP contribution in [0.5, 0.6) is 0 Å². The van der Waals surface area contributed by atoms with E-state index in [0.29, 0.717) is 0 Å². The predicted octanol–water partition coefficient (Wildman–Crippen LogP) is -0.317. The minimum absolute atomic E-state index is 0. The van der Waals surface area contributed by atoms with Gasteiger partial charge in [-0.3, -0.25) is 0 Å². The molecule has 0 aromatic rings. The first kappa shape index (κ1) is 24.9. The van der Waals surface area contributed by atoms with Gasteiger partial charge >= 0.3 is 71.9 Å². The van der Waals surface area contributed by atoms with E-state index < -0.39 is 0 Å². The van der Waals surface area contributed by atoms with Gasteiger partial charge in [-0.05, 0) is 0 Å². The molecule has 2 radical (unpaired) electrons. The van der Waals surface area contributed by atoms with Crippen molar-refractivity contribution in [1.29, 1.82) is 0 Å². The molecule has 0 aliphatic rings. The van der Waals surface area contributed by atoms with Crippen molar-refractivity contribution in [2.24, 2.45) is 0 Å². The maximum atomic E-state index is 0. The van der Waals surface area contributed by atoms with Crippen molar-refractivity contribution < 1.29 is 50.5 Å². The van der Waals surface area contributed by atoms with Crippen molar-refractivity contribution >= 4 is 71.9 Å². The van der Waals surface area contributed by atoms with Crippen molar-refractivity contribution in [3.63, 3.8) is 0 Å². The number of hydrogen-bond donors (Lipinski definition) is 0. The van der Waals surface area contributed by atoms with Crippen molar-refractivity contribution in [1.82, 2.24) is 0 Å². The summed E-state index contributed by atoms with van der Waals surface area (Å²) in [5.74, 6) is 0. The minimum Gasteiger partial charge on any atom is -1.00 e. The molecule has 4 heavy (non-hydrogen) atoms. The van der Waals surface area contributed by atoms with E-state index in [-0.39, 0.29) is 122 Å². The van der Waals surface area contributed by atoms with Crippen LogP contribution in [0, 0.1) is 0 Å². The van der Waals surface area contributed by atoms with Gasteiger partial charge in [-0.1, -0.05) is 0 Å². The summed E-state index contributed by atoms with van der Waals surface area (Å²) < 4.78 is 0. The van der Waals surface area contributed by atoms with Crippen LogP contribution in [0.25, 0.3) is 0 Å². The van der Waals surface area contributed by atoms with Gasteiger partial charge in [0, 0.05) is 44.8 Å². The molecule has 0 aromatic heterocycles. The monoisotopic (exact) mass is 440 g/mol. The summed E-state index contributed by atoms with van der Waals surface area (Å²) in [5.41, 5.74) is 0. The van der Waals surface area contributed by atoms with Gasteiger partial charge in [0.05, 0.1) is 0 Å². The van der Waals surface area contributed by atoms with Gasteiger partial charge in [-0.25, -0.2) is 0 Å². The molecule has 0 amide bonds. The molecule has 0 heterocycles. The fourth-order valence-corrected chi connectivity index (χ4v) is 0. The summed E-state index contributed by atoms with van der Waals surface area (Å²) in [6.07, 6.45) is 0. The molecule has 0 rings (SSSR count). The van der Waals surface area contributed by atoms with E-state index in [1.165, 1.54) is 0 Å². The van der Waals surface area contributed by atoms with Crippen LogP contribution in [0.1, 0.15) is 5.71 Å². The third kappa shape index (κ3) is 9.26. The average molecular weight is 440 g/mol. The summed E-state index contributed by atoms with van der Waals surface area (Å²) >= 11 is 0. The predicted molar refractivity (Wildman–Crippen MR) is 16.0 cm³/mol. The molecule has 0 saturated heterocycles. The van der Waals surface area contributed by atoms with Crippen LogP contribution in [-0.2, 0) is 44.8 Å². The fourth-order valence-electron chi connectivity index (χ4n) is 0. The van der Waals surface area contributed by atoms with Crippen LogP contribution < -0.4 is 0 Å². The molecule has 0 bridgehead atoms. The third-order valence-electron chi connectivity index (χ3n) is 0. The molecule has 4 heteroatoms. The van der Waals surface area contributed by atoms with Crippen LogP contribution >= 0.6 is 0 Å². The Balaban J connectivity index is 0. The molecule has 0 saturated carbocycles. The molecule has 0 aliphatic carbocycles. The number of rotatable bonds is 0. The van der Waals surface area contributed by atoms with Crippen LogP contribution in [0.2, 0.25) is 0 Å². The summed E-state index contributed by atoms with van der Waals surface area (Å²) in [5, 5.41) is 0. The second kappa shape index (κ2) is 15.8. The summed E-state index contributed by atoms with van der Waals surface area (Å²) in [7, 11) is 0. The van der Waals surface area contributed by atoms with Crippen molar-refractivity contribution in [3.8, 4) is 0 Å². The molecule has 0 unspecified atom stereocenters. The summed E-state index contributed by atoms with van der Waals surface area (Å²) in [6.45, 7) is 0. The second-order valence-corrected chi connectivity index (χ2v) is 0. The SMILES string of the molecule is [Ba+2].[H-].[H-].[H-].[H-].[Mg+2].[Nb].[Ta]. The smallest absolute Gasteiger partial charge is 1.00 e. The molecule has 18 valence electrons. The maximum Gasteiger partial charge on any atom is 2.00 e. The Labute approximate surface area is 119 Å². The molecule has 0 nitrogen and oxygen atoms in total. The summed E-state index contributed by atoms with van der Waals surface area (Å²) in [6, 6.07) is 0. The van der Waals surface area contributed by atoms with Gasteiger partial charge in [-0.2, -0.15) is 0 Å². The Morgan fingerprint density at radius 2 is 1.25 bits per heavy atom. The molecule has 0 aliphatic heterocycles. The normalized spacial score (nSPS) is 0. The van der Waals surface area contributed by atoms with Gasteiger partial charge in [0.15, 0.2) is 0 Å². The van der Waals surface area contributed by atoms with E-state index in [2.05, 4.69) is 0 Å². The topological polar surface area (TPSA) is 0 Å². The van der Waals surface area contributed by atoms with Gasteiger partial charge < -0.3 is 5.71 Å². The molecular formula is H4BaMgNbTa. The molecule has 0 atom stereocenters. The Hall–Kier alpha value is 3.82. The van der Waals surface area contributed by atoms with Crippen LogP contribution in [-0.4, -0.2) is 71.9 Å². The van der Waals surface area contributed by atoms with Crippen molar-refractivity contribution in [2.45, 2.75) is 0 Å². The van der Waals surface area contributed by atoms with Crippen LogP contribution in [0.4, 0.5) is 0 Å². The largest absolute Gasteiger partial charge is 2.00 e. The first-order chi connectivity index (χ1) is 0. The Kier molecular flexibility index (Phi) is 98.7. The molecule has 0 spiro atoms. The third-order valence-corrected chi connectivity index (χ3v) is 0. The van der Waals surface area contributed by atoms with Gasteiger partial charge in [0.25, 0.3) is 0 Å². The Bertz CT molecular complexity index is 16.0. The van der Waals surface area contributed by atoms with E-state index in [1.807, 2.05) is 0 Å². The quantitative estimate of drug-likeness (QED) is 0.454. The van der Waals surface area contributed by atoms with E-state index in [9.17, 15) is 0 Å². The van der Waals surface area contributed by atoms with Gasteiger partial charge in [-0.15, -0.1) is 0 Å². The first-order valence-electron chi connectivity index (χ1n) is 0. The first-order valence-corrected chi connectivity index (χ1v) is 0. The van der Waals surface area contributed by atoms with E-state index in [1.54, 1.807) is 0 Å². The van der Waals surface area contributed by atoms with Crippen LogP contribution in [0.15, 0.2) is 0 Å². The van der Waals surface area contributed by atoms with Gasteiger partial charge in [0.2, 0.25) is 0 Å². The second-order valence-electron chi connectivity index (χ2n) is 0. The zero-order chi connectivity index (χ0) is 0. The Morgan fingerprint density at radius 3 is 1.25 bits per heavy atom. The molecule has 0 fully saturated rings.